The number of anilines is 1. The summed E-state index contributed by atoms with van der Waals surface area (Å²) in [5, 5.41) is 7.94. The van der Waals surface area contributed by atoms with E-state index in [1.54, 1.807) is 17.4 Å². The van der Waals surface area contributed by atoms with Crippen molar-refractivity contribution >= 4 is 15.8 Å². The summed E-state index contributed by atoms with van der Waals surface area (Å²) in [4.78, 5) is 6.53. The zero-order valence-corrected chi connectivity index (χ0v) is 15.4. The Bertz CT molecular complexity index is 813. The fraction of sp³-hybridized carbons (Fsp3) is 0.562. The van der Waals surface area contributed by atoms with Gasteiger partial charge in [-0.15, -0.1) is 10.2 Å². The Morgan fingerprint density at radius 1 is 1.20 bits per heavy atom. The maximum Gasteiger partial charge on any atom is 0.251 e. The minimum atomic E-state index is -3.16. The van der Waals surface area contributed by atoms with Crippen molar-refractivity contribution in [3.8, 4) is 11.5 Å². The van der Waals surface area contributed by atoms with Crippen LogP contribution in [0.25, 0.3) is 11.5 Å². The first-order valence-electron chi connectivity index (χ1n) is 8.49. The van der Waals surface area contributed by atoms with Crippen LogP contribution >= 0.6 is 0 Å². The van der Waals surface area contributed by atoms with Crippen molar-refractivity contribution in [1.82, 2.24) is 19.5 Å². The van der Waals surface area contributed by atoms with Crippen LogP contribution < -0.4 is 4.90 Å². The molecule has 3 rings (SSSR count). The molecule has 2 aromatic rings. The highest BCUT2D eigenvalue weighted by atomic mass is 32.2. The van der Waals surface area contributed by atoms with Crippen LogP contribution in [0.5, 0.6) is 0 Å². The van der Waals surface area contributed by atoms with Gasteiger partial charge in [0.05, 0.1) is 11.3 Å². The molecule has 136 valence electrons. The average Bonchev–Trinajstić information content (AvgIpc) is 3.06. The summed E-state index contributed by atoms with van der Waals surface area (Å²) in [7, 11) is -3.16. The lowest BCUT2D eigenvalue weighted by Gasteiger charge is -2.35. The number of unbranched alkanes of at least 4 members (excludes halogenated alkanes) is 1. The molecule has 1 fully saturated rings. The summed E-state index contributed by atoms with van der Waals surface area (Å²) >= 11 is 0. The van der Waals surface area contributed by atoms with E-state index in [4.69, 9.17) is 4.42 Å². The highest BCUT2D eigenvalue weighted by molar-refractivity contribution is 7.89. The Hall–Kier alpha value is -2.00. The lowest BCUT2D eigenvalue weighted by molar-refractivity contribution is 0.383. The van der Waals surface area contributed by atoms with Crippen LogP contribution in [0, 0.1) is 6.92 Å². The summed E-state index contributed by atoms with van der Waals surface area (Å²) in [6, 6.07) is 3.71. The van der Waals surface area contributed by atoms with Gasteiger partial charge in [-0.3, -0.25) is 0 Å². The molecule has 0 bridgehead atoms. The maximum atomic E-state index is 12.3. The standard InChI is InChI=1S/C16H23N5O3S/c1-3-4-12-25(22,23)21-10-8-20(9-11-21)15-14(6-5-7-17-15)16-19-18-13(2)24-16/h5-7H,3-4,8-12H2,1-2H3. The lowest BCUT2D eigenvalue weighted by Crippen LogP contribution is -2.49. The molecule has 0 unspecified atom stereocenters. The monoisotopic (exact) mass is 365 g/mol. The molecule has 1 aliphatic rings. The first-order chi connectivity index (χ1) is 12.0. The highest BCUT2D eigenvalue weighted by Crippen LogP contribution is 2.28. The van der Waals surface area contributed by atoms with E-state index in [1.807, 2.05) is 19.1 Å². The third-order valence-corrected chi connectivity index (χ3v) is 6.19. The fourth-order valence-corrected chi connectivity index (χ4v) is 4.49. The molecule has 0 saturated carbocycles. The molecule has 0 spiro atoms. The number of hydrogen-bond donors (Lipinski definition) is 0. The first-order valence-corrected chi connectivity index (χ1v) is 10.1. The van der Waals surface area contributed by atoms with Gasteiger partial charge in [-0.25, -0.2) is 13.4 Å². The predicted molar refractivity (Wildman–Crippen MR) is 94.7 cm³/mol. The third-order valence-electron chi connectivity index (χ3n) is 4.23. The molecule has 0 N–H and O–H groups in total. The Morgan fingerprint density at radius 3 is 2.60 bits per heavy atom. The van der Waals surface area contributed by atoms with Gasteiger partial charge in [0.2, 0.25) is 15.9 Å². The van der Waals surface area contributed by atoms with Crippen molar-refractivity contribution in [2.75, 3.05) is 36.8 Å². The van der Waals surface area contributed by atoms with Crippen LogP contribution in [-0.2, 0) is 10.0 Å². The summed E-state index contributed by atoms with van der Waals surface area (Å²) in [6.07, 6.45) is 3.29. The molecule has 2 aromatic heterocycles. The molecule has 0 aliphatic carbocycles. The molecule has 0 radical (unpaired) electrons. The quantitative estimate of drug-likeness (QED) is 0.769. The van der Waals surface area contributed by atoms with Gasteiger partial charge in [-0.1, -0.05) is 13.3 Å². The van der Waals surface area contributed by atoms with E-state index >= 15 is 0 Å². The van der Waals surface area contributed by atoms with Gasteiger partial charge < -0.3 is 9.32 Å². The lowest BCUT2D eigenvalue weighted by atomic mass is 10.2. The van der Waals surface area contributed by atoms with Gasteiger partial charge in [0.1, 0.15) is 5.82 Å². The van der Waals surface area contributed by atoms with Crippen molar-refractivity contribution in [2.45, 2.75) is 26.7 Å². The van der Waals surface area contributed by atoms with E-state index < -0.39 is 10.0 Å². The summed E-state index contributed by atoms with van der Waals surface area (Å²) < 4.78 is 31.8. The van der Waals surface area contributed by atoms with E-state index in [0.29, 0.717) is 44.4 Å². The number of hydrogen-bond acceptors (Lipinski definition) is 7. The van der Waals surface area contributed by atoms with Crippen molar-refractivity contribution in [3.63, 3.8) is 0 Å². The topological polar surface area (TPSA) is 92.4 Å². The first kappa shape index (κ1) is 17.8. The van der Waals surface area contributed by atoms with Gasteiger partial charge in [-0.2, -0.15) is 4.31 Å². The predicted octanol–water partition coefficient (Wildman–Crippen LogP) is 1.69. The molecule has 0 atom stereocenters. The average molecular weight is 365 g/mol. The summed E-state index contributed by atoms with van der Waals surface area (Å²) in [5.74, 6) is 1.89. The van der Waals surface area contributed by atoms with Gasteiger partial charge in [0.25, 0.3) is 5.89 Å². The normalized spacial score (nSPS) is 16.3. The SMILES string of the molecule is CCCCS(=O)(=O)N1CCN(c2ncccc2-c2nnc(C)o2)CC1. The largest absolute Gasteiger partial charge is 0.421 e. The molecule has 8 nitrogen and oxygen atoms in total. The maximum absolute atomic E-state index is 12.3. The number of rotatable bonds is 6. The molecule has 0 amide bonds. The summed E-state index contributed by atoms with van der Waals surface area (Å²) in [6.45, 7) is 5.84. The van der Waals surface area contributed by atoms with E-state index in [2.05, 4.69) is 20.1 Å². The molecule has 9 heteroatoms. The van der Waals surface area contributed by atoms with E-state index in [0.717, 1.165) is 17.8 Å². The number of aryl methyl sites for hydroxylation is 1. The van der Waals surface area contributed by atoms with Crippen LogP contribution in [0.4, 0.5) is 5.82 Å². The van der Waals surface area contributed by atoms with Gasteiger partial charge in [-0.05, 0) is 18.6 Å². The number of nitrogens with zero attached hydrogens (tertiary/aromatic N) is 5. The van der Waals surface area contributed by atoms with Crippen LogP contribution in [0.1, 0.15) is 25.7 Å². The zero-order valence-electron chi connectivity index (χ0n) is 14.6. The number of pyridine rings is 1. The zero-order chi connectivity index (χ0) is 17.9. The number of piperazine rings is 1. The Kier molecular flexibility index (Phi) is 5.33. The van der Waals surface area contributed by atoms with E-state index in [1.165, 1.54) is 0 Å². The van der Waals surface area contributed by atoms with Gasteiger partial charge in [0.15, 0.2) is 0 Å². The van der Waals surface area contributed by atoms with Crippen molar-refractivity contribution in [2.24, 2.45) is 0 Å². The molecule has 1 aliphatic heterocycles. The summed E-state index contributed by atoms with van der Waals surface area (Å²) in [5.41, 5.74) is 0.769. The Balaban J connectivity index is 1.74. The smallest absolute Gasteiger partial charge is 0.251 e. The molecular weight excluding hydrogens is 342 g/mol. The molecule has 0 aromatic carbocycles. The fourth-order valence-electron chi connectivity index (χ4n) is 2.86. The second-order valence-corrected chi connectivity index (χ2v) is 8.14. The van der Waals surface area contributed by atoms with Crippen molar-refractivity contribution < 1.29 is 12.8 Å². The molecule has 25 heavy (non-hydrogen) atoms. The molecule has 3 heterocycles. The number of aromatic nitrogens is 3. The third kappa shape index (κ3) is 3.98. The Morgan fingerprint density at radius 2 is 1.96 bits per heavy atom. The van der Waals surface area contributed by atoms with Crippen LogP contribution in [-0.4, -0.2) is 59.8 Å². The highest BCUT2D eigenvalue weighted by Gasteiger charge is 2.28. The van der Waals surface area contributed by atoms with Crippen LogP contribution in [0.15, 0.2) is 22.7 Å². The second kappa shape index (κ2) is 7.49. The van der Waals surface area contributed by atoms with Gasteiger partial charge >= 0.3 is 0 Å². The van der Waals surface area contributed by atoms with E-state index in [9.17, 15) is 8.42 Å². The van der Waals surface area contributed by atoms with Crippen molar-refractivity contribution in [1.29, 1.82) is 0 Å². The van der Waals surface area contributed by atoms with Crippen LogP contribution in [0.2, 0.25) is 0 Å². The molecule has 1 saturated heterocycles. The van der Waals surface area contributed by atoms with Gasteiger partial charge in [0, 0.05) is 39.3 Å². The van der Waals surface area contributed by atoms with E-state index in [-0.39, 0.29) is 5.75 Å². The number of sulfonamides is 1. The minimum absolute atomic E-state index is 0.222. The van der Waals surface area contributed by atoms with Crippen molar-refractivity contribution in [3.05, 3.63) is 24.2 Å². The Labute approximate surface area is 147 Å². The van der Waals surface area contributed by atoms with Crippen LogP contribution in [0.3, 0.4) is 0 Å². The minimum Gasteiger partial charge on any atom is -0.421 e. The molecular formula is C16H23N5O3S. The second-order valence-electron chi connectivity index (χ2n) is 6.06.